The minimum atomic E-state index is -0.248. The van der Waals surface area contributed by atoms with Gasteiger partial charge in [-0.25, -0.2) is 4.68 Å². The Morgan fingerprint density at radius 1 is 1.26 bits per heavy atom. The Morgan fingerprint density at radius 3 is 2.74 bits per heavy atom. The second kappa shape index (κ2) is 6.14. The van der Waals surface area contributed by atoms with Crippen LogP contribution in [-0.4, -0.2) is 57.1 Å². The lowest BCUT2D eigenvalue weighted by Crippen LogP contribution is -2.48. The molecule has 1 aromatic heterocycles. The molecule has 1 aromatic rings. The fourth-order valence-electron chi connectivity index (χ4n) is 3.52. The first kappa shape index (κ1) is 15.7. The van der Waals surface area contributed by atoms with Crippen molar-refractivity contribution >= 4 is 11.8 Å². The van der Waals surface area contributed by atoms with Gasteiger partial charge in [0.2, 0.25) is 5.91 Å². The number of hydrogen-bond donors (Lipinski definition) is 0. The Kier molecular flexibility index (Phi) is 4.19. The third-order valence-electron chi connectivity index (χ3n) is 4.72. The van der Waals surface area contributed by atoms with Gasteiger partial charge in [0, 0.05) is 38.8 Å². The van der Waals surface area contributed by atoms with Crippen LogP contribution in [0.1, 0.15) is 36.7 Å². The molecule has 0 saturated carbocycles. The molecule has 0 N–H and O–H groups in total. The highest BCUT2D eigenvalue weighted by molar-refractivity contribution is 5.93. The Hall–Kier alpha value is -2.18. The van der Waals surface area contributed by atoms with Crippen molar-refractivity contribution in [1.82, 2.24) is 19.6 Å². The van der Waals surface area contributed by atoms with E-state index in [1.807, 2.05) is 4.90 Å². The van der Waals surface area contributed by atoms with Gasteiger partial charge in [-0.2, -0.15) is 5.10 Å². The number of carbonyl (C=O) groups is 2. The quantitative estimate of drug-likeness (QED) is 0.801. The molecule has 0 spiro atoms. The van der Waals surface area contributed by atoms with Crippen LogP contribution in [-0.2, 0) is 11.8 Å². The zero-order valence-electron chi connectivity index (χ0n) is 13.6. The van der Waals surface area contributed by atoms with E-state index in [-0.39, 0.29) is 35.0 Å². The van der Waals surface area contributed by atoms with Crippen molar-refractivity contribution in [3.63, 3.8) is 0 Å². The molecule has 0 aliphatic carbocycles. The molecule has 3 fully saturated rings. The lowest BCUT2D eigenvalue weighted by atomic mass is 9.94. The summed E-state index contributed by atoms with van der Waals surface area (Å²) in [6.07, 6.45) is 2.71. The first-order valence-corrected chi connectivity index (χ1v) is 8.15. The van der Waals surface area contributed by atoms with Crippen molar-refractivity contribution in [1.29, 1.82) is 0 Å². The topological polar surface area (TPSA) is 75.5 Å². The second-order valence-corrected chi connectivity index (χ2v) is 6.35. The van der Waals surface area contributed by atoms with Crippen LogP contribution in [0.3, 0.4) is 0 Å². The predicted molar refractivity (Wildman–Crippen MR) is 83.9 cm³/mol. The van der Waals surface area contributed by atoms with Gasteiger partial charge in [-0.05, 0) is 25.3 Å². The van der Waals surface area contributed by atoms with Crippen molar-refractivity contribution in [3.05, 3.63) is 28.2 Å². The summed E-state index contributed by atoms with van der Waals surface area (Å²) >= 11 is 0. The minimum absolute atomic E-state index is 0.0951. The molecule has 3 aliphatic heterocycles. The van der Waals surface area contributed by atoms with E-state index in [4.69, 9.17) is 0 Å². The van der Waals surface area contributed by atoms with Crippen LogP contribution in [0.4, 0.5) is 0 Å². The van der Waals surface area contributed by atoms with Crippen molar-refractivity contribution in [2.24, 2.45) is 13.0 Å². The summed E-state index contributed by atoms with van der Waals surface area (Å²) in [5.74, 6) is -0.146. The van der Waals surface area contributed by atoms with E-state index in [1.54, 1.807) is 4.90 Å². The van der Waals surface area contributed by atoms with Crippen LogP contribution in [0, 0.1) is 5.92 Å². The second-order valence-electron chi connectivity index (χ2n) is 6.35. The zero-order valence-corrected chi connectivity index (χ0v) is 13.6. The molecule has 3 aliphatic rings. The molecule has 124 valence electrons. The van der Waals surface area contributed by atoms with Gasteiger partial charge in [0.15, 0.2) is 0 Å². The standard InChI is InChI=1S/C16H22N4O3/c1-3-8-20-12-5-4-11(15(20)22)9-19(10-12)16(23)13-6-7-14(21)18(2)17-13/h6-7,11-12H,3-5,8-10H2,1-2H3/t11-,12+/m0/s1. The lowest BCUT2D eigenvalue weighted by molar-refractivity contribution is -0.139. The van der Waals surface area contributed by atoms with Crippen molar-refractivity contribution in [2.75, 3.05) is 19.6 Å². The van der Waals surface area contributed by atoms with Crippen LogP contribution in [0.15, 0.2) is 16.9 Å². The Bertz CT molecular complexity index is 684. The first-order valence-electron chi connectivity index (χ1n) is 8.15. The average Bonchev–Trinajstić information content (AvgIpc) is 2.82. The smallest absolute Gasteiger partial charge is 0.274 e. The van der Waals surface area contributed by atoms with Crippen LogP contribution in [0.25, 0.3) is 0 Å². The zero-order chi connectivity index (χ0) is 16.6. The summed E-state index contributed by atoms with van der Waals surface area (Å²) < 4.78 is 1.16. The highest BCUT2D eigenvalue weighted by Gasteiger charge is 2.41. The largest absolute Gasteiger partial charge is 0.338 e. The number of nitrogens with zero attached hydrogens (tertiary/aromatic N) is 4. The van der Waals surface area contributed by atoms with Gasteiger partial charge < -0.3 is 9.80 Å². The number of amides is 2. The predicted octanol–water partition coefficient (Wildman–Crippen LogP) is 0.253. The number of aromatic nitrogens is 2. The Labute approximate surface area is 134 Å². The number of rotatable bonds is 3. The third kappa shape index (κ3) is 2.87. The molecule has 2 bridgehead atoms. The Balaban J connectivity index is 1.84. The number of fused-ring (bicyclic) bond motifs is 4. The fourth-order valence-corrected chi connectivity index (χ4v) is 3.52. The molecular weight excluding hydrogens is 296 g/mol. The fraction of sp³-hybridized carbons (Fsp3) is 0.625. The molecule has 2 amide bonds. The first-order chi connectivity index (χ1) is 11.0. The number of carbonyl (C=O) groups excluding carboxylic acids is 2. The summed E-state index contributed by atoms with van der Waals surface area (Å²) in [4.78, 5) is 40.3. The van der Waals surface area contributed by atoms with Gasteiger partial charge in [0.25, 0.3) is 11.5 Å². The molecule has 4 rings (SSSR count). The van der Waals surface area contributed by atoms with E-state index in [0.717, 1.165) is 30.5 Å². The molecule has 3 saturated heterocycles. The van der Waals surface area contributed by atoms with Gasteiger partial charge in [-0.15, -0.1) is 0 Å². The maximum atomic E-state index is 12.7. The number of aryl methyl sites for hydroxylation is 1. The summed E-state index contributed by atoms with van der Waals surface area (Å²) in [6.45, 7) is 3.80. The van der Waals surface area contributed by atoms with E-state index in [9.17, 15) is 14.4 Å². The summed E-state index contributed by atoms with van der Waals surface area (Å²) in [5, 5.41) is 4.04. The summed E-state index contributed by atoms with van der Waals surface area (Å²) in [6, 6.07) is 2.90. The van der Waals surface area contributed by atoms with Crippen molar-refractivity contribution in [3.8, 4) is 0 Å². The summed E-state index contributed by atoms with van der Waals surface area (Å²) in [7, 11) is 1.53. The van der Waals surface area contributed by atoms with Crippen LogP contribution in [0.5, 0.6) is 0 Å². The average molecular weight is 318 g/mol. The molecule has 7 heteroatoms. The molecule has 7 nitrogen and oxygen atoms in total. The molecule has 0 radical (unpaired) electrons. The molecular formula is C16H22N4O3. The van der Waals surface area contributed by atoms with Crippen LogP contribution >= 0.6 is 0 Å². The highest BCUT2D eigenvalue weighted by Crippen LogP contribution is 2.29. The van der Waals surface area contributed by atoms with Crippen molar-refractivity contribution in [2.45, 2.75) is 32.2 Å². The SMILES string of the molecule is CCCN1C(=O)[C@H]2CC[C@@H]1CN(C(=O)c1ccc(=O)n(C)n1)C2. The van der Waals surface area contributed by atoms with Gasteiger partial charge in [-0.3, -0.25) is 14.4 Å². The van der Waals surface area contributed by atoms with E-state index >= 15 is 0 Å². The van der Waals surface area contributed by atoms with Gasteiger partial charge >= 0.3 is 0 Å². The molecule has 0 unspecified atom stereocenters. The van der Waals surface area contributed by atoms with Crippen LogP contribution < -0.4 is 5.56 Å². The number of piperidine rings is 1. The molecule has 2 atom stereocenters. The highest BCUT2D eigenvalue weighted by atomic mass is 16.2. The number of hydrogen-bond acceptors (Lipinski definition) is 4. The molecule has 4 heterocycles. The third-order valence-corrected chi connectivity index (χ3v) is 4.72. The monoisotopic (exact) mass is 318 g/mol. The lowest BCUT2D eigenvalue weighted by Gasteiger charge is -2.35. The maximum absolute atomic E-state index is 12.7. The van der Waals surface area contributed by atoms with E-state index < -0.39 is 0 Å². The van der Waals surface area contributed by atoms with Gasteiger partial charge in [0.1, 0.15) is 5.69 Å². The van der Waals surface area contributed by atoms with E-state index in [2.05, 4.69) is 12.0 Å². The van der Waals surface area contributed by atoms with E-state index in [0.29, 0.717) is 13.1 Å². The normalized spacial score (nSPS) is 24.0. The van der Waals surface area contributed by atoms with E-state index in [1.165, 1.54) is 19.2 Å². The molecule has 0 aromatic carbocycles. The van der Waals surface area contributed by atoms with Gasteiger partial charge in [0.05, 0.1) is 5.92 Å². The summed E-state index contributed by atoms with van der Waals surface area (Å²) in [5.41, 5.74) is 0.00433. The van der Waals surface area contributed by atoms with Gasteiger partial charge in [-0.1, -0.05) is 6.92 Å². The van der Waals surface area contributed by atoms with Crippen molar-refractivity contribution < 1.29 is 9.59 Å². The van der Waals surface area contributed by atoms with Crippen LogP contribution in [0.2, 0.25) is 0 Å². The minimum Gasteiger partial charge on any atom is -0.338 e. The molecule has 23 heavy (non-hydrogen) atoms. The maximum Gasteiger partial charge on any atom is 0.274 e. The Morgan fingerprint density at radius 2 is 2.04 bits per heavy atom.